The molecule has 0 saturated carbocycles. The average Bonchev–Trinajstić information content (AvgIpc) is 2.20. The zero-order chi connectivity index (χ0) is 10.6. The Morgan fingerprint density at radius 2 is 2.21 bits per heavy atom. The van der Waals surface area contributed by atoms with E-state index in [9.17, 15) is 0 Å². The van der Waals surface area contributed by atoms with Crippen molar-refractivity contribution in [3.8, 4) is 0 Å². The third-order valence-corrected chi connectivity index (χ3v) is 2.81. The molecule has 1 aliphatic rings. The van der Waals surface area contributed by atoms with E-state index in [1.165, 1.54) is 17.0 Å². The minimum absolute atomic E-state index is 0.594. The van der Waals surface area contributed by atoms with E-state index in [1.54, 1.807) is 0 Å². The SMILES string of the molecule is CCC1=C(/N=C(/C)CC)C(C)CC=C1. The van der Waals surface area contributed by atoms with Crippen LogP contribution in [0.4, 0.5) is 0 Å². The molecule has 0 heterocycles. The Hall–Kier alpha value is -0.850. The fourth-order valence-corrected chi connectivity index (χ4v) is 1.69. The second-order valence-corrected chi connectivity index (χ2v) is 4.00. The summed E-state index contributed by atoms with van der Waals surface area (Å²) in [4.78, 5) is 4.73. The summed E-state index contributed by atoms with van der Waals surface area (Å²) in [7, 11) is 0. The molecular weight excluding hydrogens is 170 g/mol. The zero-order valence-electron chi connectivity index (χ0n) is 9.80. The predicted molar refractivity (Wildman–Crippen MR) is 63.6 cm³/mol. The monoisotopic (exact) mass is 191 g/mol. The first-order chi connectivity index (χ1) is 6.69. The number of hydrogen-bond acceptors (Lipinski definition) is 1. The molecule has 78 valence electrons. The quantitative estimate of drug-likeness (QED) is 0.595. The van der Waals surface area contributed by atoms with Gasteiger partial charge in [-0.25, -0.2) is 0 Å². The van der Waals surface area contributed by atoms with E-state index in [1.807, 2.05) is 0 Å². The normalized spacial score (nSPS) is 23.1. The van der Waals surface area contributed by atoms with Crippen LogP contribution < -0.4 is 0 Å². The van der Waals surface area contributed by atoms with Crippen molar-refractivity contribution < 1.29 is 0 Å². The van der Waals surface area contributed by atoms with E-state index >= 15 is 0 Å². The van der Waals surface area contributed by atoms with Crippen LogP contribution in [0.5, 0.6) is 0 Å². The Morgan fingerprint density at radius 1 is 1.50 bits per heavy atom. The van der Waals surface area contributed by atoms with Crippen molar-refractivity contribution in [1.29, 1.82) is 0 Å². The summed E-state index contributed by atoms with van der Waals surface area (Å²) in [5.74, 6) is 0.594. The van der Waals surface area contributed by atoms with Crippen LogP contribution in [0.3, 0.4) is 0 Å². The lowest BCUT2D eigenvalue weighted by atomic mass is 9.92. The lowest BCUT2D eigenvalue weighted by molar-refractivity contribution is 0.663. The molecule has 1 unspecified atom stereocenters. The van der Waals surface area contributed by atoms with E-state index < -0.39 is 0 Å². The molecule has 14 heavy (non-hydrogen) atoms. The van der Waals surface area contributed by atoms with Crippen LogP contribution in [0.15, 0.2) is 28.4 Å². The van der Waals surface area contributed by atoms with Gasteiger partial charge in [0.25, 0.3) is 0 Å². The van der Waals surface area contributed by atoms with Gasteiger partial charge in [-0.3, -0.25) is 4.99 Å². The van der Waals surface area contributed by atoms with Crippen molar-refractivity contribution in [2.45, 2.75) is 47.0 Å². The second kappa shape index (κ2) is 5.14. The first-order valence-electron chi connectivity index (χ1n) is 5.62. The van der Waals surface area contributed by atoms with Gasteiger partial charge in [-0.05, 0) is 31.8 Å². The van der Waals surface area contributed by atoms with Gasteiger partial charge < -0.3 is 0 Å². The van der Waals surface area contributed by atoms with Crippen LogP contribution in [0.25, 0.3) is 0 Å². The molecule has 0 fully saturated rings. The highest BCUT2D eigenvalue weighted by Crippen LogP contribution is 2.28. The number of hydrogen-bond donors (Lipinski definition) is 0. The molecule has 0 aliphatic heterocycles. The third-order valence-electron chi connectivity index (χ3n) is 2.81. The molecule has 0 N–H and O–H groups in total. The zero-order valence-corrected chi connectivity index (χ0v) is 9.80. The lowest BCUT2D eigenvalue weighted by Gasteiger charge is -2.18. The first-order valence-corrected chi connectivity index (χ1v) is 5.62. The predicted octanol–water partition coefficient (Wildman–Crippen LogP) is 4.12. The van der Waals surface area contributed by atoms with Crippen molar-refractivity contribution in [2.75, 3.05) is 0 Å². The Bertz CT molecular complexity index is 282. The van der Waals surface area contributed by atoms with Crippen LogP contribution in [-0.4, -0.2) is 5.71 Å². The van der Waals surface area contributed by atoms with Crippen LogP contribution in [0.1, 0.15) is 47.0 Å². The van der Waals surface area contributed by atoms with Crippen LogP contribution >= 0.6 is 0 Å². The molecule has 1 aliphatic carbocycles. The van der Waals surface area contributed by atoms with Crippen molar-refractivity contribution in [3.05, 3.63) is 23.4 Å². The van der Waals surface area contributed by atoms with Gasteiger partial charge in [0.1, 0.15) is 0 Å². The molecular formula is C13H21N. The molecule has 0 bridgehead atoms. The summed E-state index contributed by atoms with van der Waals surface area (Å²) >= 11 is 0. The van der Waals surface area contributed by atoms with Gasteiger partial charge in [-0.1, -0.05) is 32.9 Å². The van der Waals surface area contributed by atoms with Crippen molar-refractivity contribution in [3.63, 3.8) is 0 Å². The maximum atomic E-state index is 4.73. The van der Waals surface area contributed by atoms with Crippen LogP contribution in [0.2, 0.25) is 0 Å². The summed E-state index contributed by atoms with van der Waals surface area (Å²) < 4.78 is 0. The minimum atomic E-state index is 0.594. The van der Waals surface area contributed by atoms with E-state index in [0.717, 1.165) is 19.3 Å². The summed E-state index contributed by atoms with van der Waals surface area (Å²) in [5.41, 5.74) is 3.97. The first kappa shape index (κ1) is 11.2. The molecule has 0 amide bonds. The molecule has 0 saturated heterocycles. The largest absolute Gasteiger partial charge is 0.262 e. The van der Waals surface area contributed by atoms with E-state index in [-0.39, 0.29) is 0 Å². The molecule has 0 aromatic carbocycles. The maximum absolute atomic E-state index is 4.73. The average molecular weight is 191 g/mol. The summed E-state index contributed by atoms with van der Waals surface area (Å²) in [6.45, 7) is 8.75. The second-order valence-electron chi connectivity index (χ2n) is 4.00. The molecule has 1 rings (SSSR count). The van der Waals surface area contributed by atoms with Crippen molar-refractivity contribution >= 4 is 5.71 Å². The highest BCUT2D eigenvalue weighted by molar-refractivity contribution is 5.82. The highest BCUT2D eigenvalue weighted by Gasteiger charge is 2.14. The van der Waals surface area contributed by atoms with E-state index in [0.29, 0.717) is 5.92 Å². The Morgan fingerprint density at radius 3 is 2.79 bits per heavy atom. The fourth-order valence-electron chi connectivity index (χ4n) is 1.69. The van der Waals surface area contributed by atoms with Crippen LogP contribution in [0, 0.1) is 5.92 Å². The van der Waals surface area contributed by atoms with Crippen molar-refractivity contribution in [2.24, 2.45) is 10.9 Å². The summed E-state index contributed by atoms with van der Waals surface area (Å²) in [5, 5.41) is 0. The number of allylic oxidation sites excluding steroid dienone is 4. The van der Waals surface area contributed by atoms with Gasteiger partial charge in [0, 0.05) is 17.3 Å². The fraction of sp³-hybridized carbons (Fsp3) is 0.615. The van der Waals surface area contributed by atoms with Crippen LogP contribution in [-0.2, 0) is 0 Å². The standard InChI is InChI=1S/C13H21N/c1-5-11(4)14-13-10(3)8-7-9-12(13)6-2/h7,9-10H,5-6,8H2,1-4H3/b14-11-. The smallest absolute Gasteiger partial charge is 0.0465 e. The molecule has 0 aromatic heterocycles. The molecule has 0 radical (unpaired) electrons. The van der Waals surface area contributed by atoms with Gasteiger partial charge in [-0.15, -0.1) is 0 Å². The summed E-state index contributed by atoms with van der Waals surface area (Å²) in [6.07, 6.45) is 7.79. The Kier molecular flexibility index (Phi) is 4.12. The molecule has 1 heteroatoms. The van der Waals surface area contributed by atoms with E-state index in [4.69, 9.17) is 4.99 Å². The van der Waals surface area contributed by atoms with E-state index in [2.05, 4.69) is 39.8 Å². The van der Waals surface area contributed by atoms with Gasteiger partial charge in [0.15, 0.2) is 0 Å². The molecule has 0 spiro atoms. The van der Waals surface area contributed by atoms with Gasteiger partial charge in [0.05, 0.1) is 0 Å². The summed E-state index contributed by atoms with van der Waals surface area (Å²) in [6, 6.07) is 0. The Balaban J connectivity index is 2.99. The topological polar surface area (TPSA) is 12.4 Å². The van der Waals surface area contributed by atoms with Gasteiger partial charge in [0.2, 0.25) is 0 Å². The molecule has 1 nitrogen and oxygen atoms in total. The molecule has 1 atom stereocenters. The number of rotatable bonds is 3. The van der Waals surface area contributed by atoms with Gasteiger partial charge in [-0.2, -0.15) is 0 Å². The third kappa shape index (κ3) is 2.57. The minimum Gasteiger partial charge on any atom is -0.262 e. The number of aliphatic imine (C=N–C) groups is 1. The lowest BCUT2D eigenvalue weighted by Crippen LogP contribution is -2.05. The van der Waals surface area contributed by atoms with Gasteiger partial charge >= 0.3 is 0 Å². The van der Waals surface area contributed by atoms with Crippen molar-refractivity contribution in [1.82, 2.24) is 0 Å². The maximum Gasteiger partial charge on any atom is 0.0465 e. The molecule has 0 aromatic rings. The number of nitrogens with zero attached hydrogens (tertiary/aromatic N) is 1. The Labute approximate surface area is 87.6 Å². The highest BCUT2D eigenvalue weighted by atomic mass is 14.8.